The van der Waals surface area contributed by atoms with Gasteiger partial charge in [-0.1, -0.05) is 103 Å². The van der Waals surface area contributed by atoms with Gasteiger partial charge in [-0.25, -0.2) is 19.3 Å². The minimum absolute atomic E-state index is 0.306. The third-order valence-electron chi connectivity index (χ3n) is 9.39. The summed E-state index contributed by atoms with van der Waals surface area (Å²) in [5.74, 6) is 1.30. The second kappa shape index (κ2) is 12.1. The molecule has 3 nitrogen and oxygen atoms in total. The summed E-state index contributed by atoms with van der Waals surface area (Å²) in [4.78, 5) is 15.0. The Labute approximate surface area is 301 Å². The lowest BCUT2D eigenvalue weighted by atomic mass is 9.94. The number of hydrogen-bond acceptors (Lipinski definition) is 5. The molecule has 0 bridgehead atoms. The summed E-state index contributed by atoms with van der Waals surface area (Å²) < 4.78 is 19.0. The van der Waals surface area contributed by atoms with Crippen LogP contribution in [-0.2, 0) is 0 Å². The SMILES string of the molecule is Fc1ccc(-c2nc(-c3ccccc3)nc(-c3cc(-c4cccc5c4sc4ccccc45)cc(-c4cccc5c4sc4ccccc45)c3)n2)cc1. The molecule has 0 aliphatic heterocycles. The molecule has 51 heavy (non-hydrogen) atoms. The van der Waals surface area contributed by atoms with Gasteiger partial charge in [-0.05, 0) is 76.9 Å². The van der Waals surface area contributed by atoms with E-state index in [4.69, 9.17) is 15.0 Å². The van der Waals surface area contributed by atoms with Crippen molar-refractivity contribution in [1.82, 2.24) is 15.0 Å². The van der Waals surface area contributed by atoms with Gasteiger partial charge in [-0.15, -0.1) is 22.7 Å². The Morgan fingerprint density at radius 2 is 0.784 bits per heavy atom. The number of hydrogen-bond donors (Lipinski definition) is 0. The molecular formula is C45H26FN3S2. The molecule has 3 heterocycles. The maximum Gasteiger partial charge on any atom is 0.164 e. The highest BCUT2D eigenvalue weighted by atomic mass is 32.1. The number of rotatable bonds is 5. The lowest BCUT2D eigenvalue weighted by Crippen LogP contribution is -2.00. The maximum atomic E-state index is 14.0. The topological polar surface area (TPSA) is 38.7 Å². The molecule has 0 atom stereocenters. The van der Waals surface area contributed by atoms with Crippen LogP contribution in [0.3, 0.4) is 0 Å². The maximum absolute atomic E-state index is 14.0. The van der Waals surface area contributed by atoms with E-state index in [2.05, 4.69) is 103 Å². The minimum Gasteiger partial charge on any atom is -0.208 e. The summed E-state index contributed by atoms with van der Waals surface area (Å²) in [7, 11) is 0. The van der Waals surface area contributed by atoms with Crippen LogP contribution >= 0.6 is 22.7 Å². The van der Waals surface area contributed by atoms with Gasteiger partial charge in [0, 0.05) is 57.0 Å². The van der Waals surface area contributed by atoms with E-state index < -0.39 is 0 Å². The van der Waals surface area contributed by atoms with E-state index in [1.807, 2.05) is 53.0 Å². The quantitative estimate of drug-likeness (QED) is 0.180. The van der Waals surface area contributed by atoms with Crippen molar-refractivity contribution in [2.24, 2.45) is 0 Å². The van der Waals surface area contributed by atoms with Crippen molar-refractivity contribution >= 4 is 63.0 Å². The van der Waals surface area contributed by atoms with Gasteiger partial charge in [0.1, 0.15) is 5.82 Å². The molecule has 0 radical (unpaired) electrons. The fourth-order valence-electron chi connectivity index (χ4n) is 6.97. The number of benzene rings is 7. The fraction of sp³-hybridized carbons (Fsp3) is 0. The first-order chi connectivity index (χ1) is 25.2. The van der Waals surface area contributed by atoms with E-state index in [-0.39, 0.29) is 5.82 Å². The molecule has 10 aromatic rings. The molecule has 0 unspecified atom stereocenters. The van der Waals surface area contributed by atoms with Gasteiger partial charge in [0.25, 0.3) is 0 Å². The molecule has 0 fully saturated rings. The van der Waals surface area contributed by atoms with Crippen molar-refractivity contribution in [3.63, 3.8) is 0 Å². The number of nitrogens with zero attached hydrogens (tertiary/aromatic N) is 3. The van der Waals surface area contributed by atoms with Crippen LogP contribution in [0.5, 0.6) is 0 Å². The molecule has 0 saturated heterocycles. The van der Waals surface area contributed by atoms with Crippen LogP contribution < -0.4 is 0 Å². The van der Waals surface area contributed by atoms with Crippen LogP contribution in [-0.4, -0.2) is 15.0 Å². The molecule has 240 valence electrons. The van der Waals surface area contributed by atoms with Crippen LogP contribution in [0.25, 0.3) is 96.8 Å². The number of aromatic nitrogens is 3. The third kappa shape index (κ3) is 5.19. The first-order valence-electron chi connectivity index (χ1n) is 16.7. The van der Waals surface area contributed by atoms with Crippen LogP contribution in [0.1, 0.15) is 0 Å². The van der Waals surface area contributed by atoms with E-state index in [0.29, 0.717) is 17.5 Å². The number of halogens is 1. The lowest BCUT2D eigenvalue weighted by Gasteiger charge is -2.13. The molecule has 0 spiro atoms. The van der Waals surface area contributed by atoms with Crippen LogP contribution in [0.2, 0.25) is 0 Å². The van der Waals surface area contributed by atoms with Gasteiger partial charge in [0.2, 0.25) is 0 Å². The van der Waals surface area contributed by atoms with E-state index in [9.17, 15) is 4.39 Å². The Hall–Kier alpha value is -6.08. The van der Waals surface area contributed by atoms with Gasteiger partial charge in [-0.2, -0.15) is 0 Å². The van der Waals surface area contributed by atoms with Crippen LogP contribution in [0.15, 0.2) is 158 Å². The number of fused-ring (bicyclic) bond motifs is 6. The second-order valence-electron chi connectivity index (χ2n) is 12.5. The van der Waals surface area contributed by atoms with Gasteiger partial charge in [0.15, 0.2) is 17.5 Å². The monoisotopic (exact) mass is 691 g/mol. The van der Waals surface area contributed by atoms with Crippen molar-refractivity contribution in [2.75, 3.05) is 0 Å². The lowest BCUT2D eigenvalue weighted by molar-refractivity contribution is 0.628. The number of thiophene rings is 2. The highest BCUT2D eigenvalue weighted by Crippen LogP contribution is 2.44. The summed E-state index contributed by atoms with van der Waals surface area (Å²) in [5.41, 5.74) is 6.98. The predicted octanol–water partition coefficient (Wildman–Crippen LogP) is 13.1. The standard InChI is InChI=1S/C45H26FN3S2/c46-32-22-20-28(21-23-32)44-47-43(27-10-2-1-3-11-27)48-45(49-44)31-25-29(33-14-8-16-37-35-12-4-6-18-39(35)50-41(33)37)24-30(26-31)34-15-9-17-38-36-13-5-7-19-40(36)51-42(34)38/h1-26H. The van der Waals surface area contributed by atoms with Crippen molar-refractivity contribution < 1.29 is 4.39 Å². The third-order valence-corrected chi connectivity index (χ3v) is 11.8. The highest BCUT2D eigenvalue weighted by molar-refractivity contribution is 7.26. The zero-order chi connectivity index (χ0) is 33.9. The Morgan fingerprint density at radius 3 is 1.33 bits per heavy atom. The molecular weight excluding hydrogens is 666 g/mol. The van der Waals surface area contributed by atoms with E-state index in [1.54, 1.807) is 12.1 Å². The van der Waals surface area contributed by atoms with Crippen LogP contribution in [0, 0.1) is 5.82 Å². The summed E-state index contributed by atoms with van der Waals surface area (Å²) in [6.07, 6.45) is 0. The normalized spacial score (nSPS) is 11.6. The smallest absolute Gasteiger partial charge is 0.164 e. The zero-order valence-electron chi connectivity index (χ0n) is 27.0. The van der Waals surface area contributed by atoms with Crippen molar-refractivity contribution in [1.29, 1.82) is 0 Å². The van der Waals surface area contributed by atoms with Crippen molar-refractivity contribution in [2.45, 2.75) is 0 Å². The first kappa shape index (κ1) is 29.8. The molecule has 0 amide bonds. The molecule has 0 aliphatic rings. The van der Waals surface area contributed by atoms with Gasteiger partial charge in [-0.3, -0.25) is 0 Å². The molecule has 3 aromatic heterocycles. The van der Waals surface area contributed by atoms with E-state index in [0.717, 1.165) is 38.9 Å². The molecule has 10 rings (SSSR count). The largest absolute Gasteiger partial charge is 0.208 e. The Morgan fingerprint density at radius 1 is 0.353 bits per heavy atom. The minimum atomic E-state index is -0.306. The molecule has 0 saturated carbocycles. The average molecular weight is 692 g/mol. The molecule has 6 heteroatoms. The summed E-state index contributed by atoms with van der Waals surface area (Å²) >= 11 is 3.65. The summed E-state index contributed by atoms with van der Waals surface area (Å²) in [5, 5.41) is 5.02. The molecule has 0 aliphatic carbocycles. The Bertz CT molecular complexity index is 2800. The molecule has 0 N–H and O–H groups in total. The van der Waals surface area contributed by atoms with Crippen molar-refractivity contribution in [3.05, 3.63) is 164 Å². The summed E-state index contributed by atoms with van der Waals surface area (Å²) in [6, 6.07) is 53.3. The first-order valence-corrected chi connectivity index (χ1v) is 18.3. The Balaban J connectivity index is 1.26. The van der Waals surface area contributed by atoms with Crippen LogP contribution in [0.4, 0.5) is 4.39 Å². The highest BCUT2D eigenvalue weighted by Gasteiger charge is 2.18. The zero-order valence-corrected chi connectivity index (χ0v) is 28.7. The summed E-state index contributed by atoms with van der Waals surface area (Å²) in [6.45, 7) is 0. The molecule has 7 aromatic carbocycles. The average Bonchev–Trinajstić information content (AvgIpc) is 3.77. The predicted molar refractivity (Wildman–Crippen MR) is 213 cm³/mol. The van der Waals surface area contributed by atoms with Crippen molar-refractivity contribution in [3.8, 4) is 56.4 Å². The van der Waals surface area contributed by atoms with Gasteiger partial charge in [0.05, 0.1) is 0 Å². The van der Waals surface area contributed by atoms with Gasteiger partial charge < -0.3 is 0 Å². The van der Waals surface area contributed by atoms with E-state index in [1.165, 1.54) is 52.5 Å². The second-order valence-corrected chi connectivity index (χ2v) is 14.6. The fourth-order valence-corrected chi connectivity index (χ4v) is 9.44. The van der Waals surface area contributed by atoms with Gasteiger partial charge >= 0.3 is 0 Å². The van der Waals surface area contributed by atoms with E-state index >= 15 is 0 Å². The Kier molecular flexibility index (Phi) is 7.05.